The number of anilines is 1. The summed E-state index contributed by atoms with van der Waals surface area (Å²) in [6.45, 7) is 6.82. The molecule has 1 aromatic carbocycles. The maximum atomic E-state index is 14.8. The number of rotatable bonds is 8. The molecule has 0 aliphatic carbocycles. The van der Waals surface area contributed by atoms with Crippen molar-refractivity contribution in [1.82, 2.24) is 14.9 Å². The van der Waals surface area contributed by atoms with Gasteiger partial charge in [0.05, 0.1) is 23.4 Å². The Kier molecular flexibility index (Phi) is 7.15. The molecule has 0 saturated carbocycles. The predicted molar refractivity (Wildman–Crippen MR) is 131 cm³/mol. The fourth-order valence-electron chi connectivity index (χ4n) is 4.12. The molecule has 1 aliphatic rings. The number of nitrogens with two attached hydrogens (primary N) is 1. The van der Waals surface area contributed by atoms with Crippen LogP contribution in [0.5, 0.6) is 0 Å². The minimum absolute atomic E-state index is 0.170. The third-order valence-corrected chi connectivity index (χ3v) is 8.40. The molecule has 2 aromatic heterocycles. The fourth-order valence-corrected chi connectivity index (χ4v) is 6.31. The van der Waals surface area contributed by atoms with Crippen molar-refractivity contribution in [2.75, 3.05) is 25.0 Å². The Morgan fingerprint density at radius 2 is 2.12 bits per heavy atom. The summed E-state index contributed by atoms with van der Waals surface area (Å²) in [6, 6.07) is 2.81. The van der Waals surface area contributed by atoms with E-state index in [1.165, 1.54) is 23.5 Å². The third-order valence-electron chi connectivity index (χ3n) is 5.99. The number of primary sulfonamides is 1. The average Bonchev–Trinajstić information content (AvgIpc) is 3.50. The lowest BCUT2D eigenvalue weighted by Crippen LogP contribution is -2.35. The summed E-state index contributed by atoms with van der Waals surface area (Å²) in [5.41, 5.74) is 5.00. The van der Waals surface area contributed by atoms with Crippen molar-refractivity contribution in [1.29, 1.82) is 0 Å². The van der Waals surface area contributed by atoms with Crippen molar-refractivity contribution in [3.63, 3.8) is 0 Å². The van der Waals surface area contributed by atoms with E-state index < -0.39 is 20.7 Å². The Balaban J connectivity index is 1.55. The van der Waals surface area contributed by atoms with E-state index in [0.717, 1.165) is 42.5 Å². The summed E-state index contributed by atoms with van der Waals surface area (Å²) in [4.78, 5) is 13.0. The van der Waals surface area contributed by atoms with Gasteiger partial charge < -0.3 is 4.90 Å². The Hall–Kier alpha value is -1.92. The normalized spacial score (nSPS) is 17.2. The fraction of sp³-hybridized carbons (Fsp3) is 0.455. The van der Waals surface area contributed by atoms with E-state index in [1.54, 1.807) is 16.8 Å². The van der Waals surface area contributed by atoms with E-state index in [2.05, 4.69) is 34.0 Å². The molecule has 3 heterocycles. The summed E-state index contributed by atoms with van der Waals surface area (Å²) >= 11 is 3.15. The van der Waals surface area contributed by atoms with Crippen molar-refractivity contribution < 1.29 is 12.8 Å². The Bertz CT molecular complexity index is 1210. The van der Waals surface area contributed by atoms with Crippen LogP contribution in [0, 0.1) is 5.82 Å². The molecule has 0 radical (unpaired) electrons. The summed E-state index contributed by atoms with van der Waals surface area (Å²) in [6.07, 6.45) is 1.33. The van der Waals surface area contributed by atoms with Gasteiger partial charge in [0.15, 0.2) is 0 Å². The topological polar surface area (TPSA) is 92.4 Å². The number of nitrogens with zero attached hydrogens (tertiary/aromatic N) is 4. The second kappa shape index (κ2) is 9.75. The van der Waals surface area contributed by atoms with Crippen LogP contribution in [0.4, 0.5) is 10.1 Å². The molecule has 3 aromatic rings. The molecular formula is C22H28FN5O2S3. The highest BCUT2D eigenvalue weighted by molar-refractivity contribution is 7.89. The third kappa shape index (κ3) is 5.60. The summed E-state index contributed by atoms with van der Waals surface area (Å²) in [5.74, 6) is -0.418. The second-order valence-corrected chi connectivity index (χ2v) is 11.9. The van der Waals surface area contributed by atoms with E-state index in [1.807, 2.05) is 12.4 Å². The molecule has 4 rings (SSSR count). The zero-order valence-electron chi connectivity index (χ0n) is 18.9. The number of sulfonamides is 1. The van der Waals surface area contributed by atoms with Gasteiger partial charge >= 0.3 is 0 Å². The minimum Gasteiger partial charge on any atom is -0.370 e. The summed E-state index contributed by atoms with van der Waals surface area (Å²) in [7, 11) is -2.23. The van der Waals surface area contributed by atoms with E-state index in [9.17, 15) is 12.8 Å². The van der Waals surface area contributed by atoms with Crippen LogP contribution in [0.15, 0.2) is 33.3 Å². The highest BCUT2D eigenvalue weighted by Crippen LogP contribution is 2.31. The lowest BCUT2D eigenvalue weighted by Gasteiger charge is -2.29. The van der Waals surface area contributed by atoms with Crippen molar-refractivity contribution in [2.45, 2.75) is 50.1 Å². The lowest BCUT2D eigenvalue weighted by atomic mass is 10.1. The summed E-state index contributed by atoms with van der Waals surface area (Å²) in [5, 5.41) is 10.4. The molecule has 1 aliphatic heterocycles. The van der Waals surface area contributed by atoms with Crippen LogP contribution >= 0.6 is 22.7 Å². The first-order valence-corrected chi connectivity index (χ1v) is 14.1. The van der Waals surface area contributed by atoms with E-state index in [-0.39, 0.29) is 6.04 Å². The van der Waals surface area contributed by atoms with Crippen molar-refractivity contribution >= 4 is 38.4 Å². The first-order chi connectivity index (χ1) is 15.6. The molecule has 33 heavy (non-hydrogen) atoms. The van der Waals surface area contributed by atoms with Gasteiger partial charge in [0.1, 0.15) is 15.7 Å². The van der Waals surface area contributed by atoms with E-state index >= 15 is 0 Å². The Labute approximate surface area is 202 Å². The zero-order valence-corrected chi connectivity index (χ0v) is 21.3. The zero-order chi connectivity index (χ0) is 23.8. The van der Waals surface area contributed by atoms with Gasteiger partial charge in [0, 0.05) is 49.0 Å². The van der Waals surface area contributed by atoms with Crippen LogP contribution in [-0.4, -0.2) is 49.5 Å². The minimum atomic E-state index is -4.17. The number of aromatic nitrogens is 2. The predicted octanol–water partition coefficient (Wildman–Crippen LogP) is 3.81. The number of hydrogen-bond donors (Lipinski definition) is 1. The molecule has 1 saturated heterocycles. The van der Waals surface area contributed by atoms with E-state index in [0.29, 0.717) is 23.6 Å². The van der Waals surface area contributed by atoms with Gasteiger partial charge in [-0.1, -0.05) is 13.8 Å². The van der Waals surface area contributed by atoms with Gasteiger partial charge in [-0.15, -0.1) is 22.7 Å². The smallest absolute Gasteiger partial charge is 0.240 e. The molecule has 1 atom stereocenters. The SMILES string of the molecule is CC(C)c1csc(CN2CC[C@H](N(C)c3cc(F)c(S(N)(=O)=O)cc3Cc3cscn3)C2)n1. The van der Waals surface area contributed by atoms with Gasteiger partial charge in [0.2, 0.25) is 10.0 Å². The highest BCUT2D eigenvalue weighted by Gasteiger charge is 2.29. The van der Waals surface area contributed by atoms with Crippen LogP contribution in [0.2, 0.25) is 0 Å². The largest absolute Gasteiger partial charge is 0.370 e. The van der Waals surface area contributed by atoms with E-state index in [4.69, 9.17) is 10.1 Å². The lowest BCUT2D eigenvalue weighted by molar-refractivity contribution is 0.325. The van der Waals surface area contributed by atoms with Crippen LogP contribution in [0.1, 0.15) is 48.1 Å². The molecule has 178 valence electrons. The van der Waals surface area contributed by atoms with Crippen molar-refractivity contribution in [3.8, 4) is 0 Å². The Morgan fingerprint density at radius 1 is 1.33 bits per heavy atom. The highest BCUT2D eigenvalue weighted by atomic mass is 32.2. The molecule has 0 spiro atoms. The molecule has 7 nitrogen and oxygen atoms in total. The van der Waals surface area contributed by atoms with Gasteiger partial charge in [-0.3, -0.25) is 4.90 Å². The average molecular weight is 510 g/mol. The van der Waals surface area contributed by atoms with Crippen molar-refractivity contribution in [3.05, 3.63) is 56.2 Å². The van der Waals surface area contributed by atoms with Gasteiger partial charge in [-0.25, -0.2) is 27.9 Å². The maximum absolute atomic E-state index is 14.8. The monoisotopic (exact) mass is 509 g/mol. The van der Waals surface area contributed by atoms with Crippen LogP contribution in [0.3, 0.4) is 0 Å². The number of benzene rings is 1. The number of likely N-dealkylation sites (N-methyl/N-ethyl adjacent to an activating group) is 1. The summed E-state index contributed by atoms with van der Waals surface area (Å²) < 4.78 is 38.6. The van der Waals surface area contributed by atoms with Crippen LogP contribution in [0.25, 0.3) is 0 Å². The van der Waals surface area contributed by atoms with Gasteiger partial charge in [-0.05, 0) is 30.0 Å². The van der Waals surface area contributed by atoms with Gasteiger partial charge in [0.25, 0.3) is 0 Å². The second-order valence-electron chi connectivity index (χ2n) is 8.72. The molecule has 1 fully saturated rings. The maximum Gasteiger partial charge on any atom is 0.240 e. The number of thiazole rings is 2. The molecular weight excluding hydrogens is 481 g/mol. The molecule has 11 heteroatoms. The van der Waals surface area contributed by atoms with Crippen molar-refractivity contribution in [2.24, 2.45) is 5.14 Å². The quantitative estimate of drug-likeness (QED) is 0.496. The number of halogens is 1. The molecule has 0 bridgehead atoms. The Morgan fingerprint density at radius 3 is 2.76 bits per heavy atom. The number of hydrogen-bond acceptors (Lipinski definition) is 8. The standard InChI is InChI=1S/C22H28FN5O2S3/c1-14(2)19-12-32-22(26-19)10-28-5-4-17(9-28)27(3)20-8-18(23)21(33(24,29)30)7-15(20)6-16-11-31-13-25-16/h7-8,11-14,17H,4-6,9-10H2,1-3H3,(H2,24,29,30)/t17-/m0/s1. The number of likely N-dealkylation sites (tertiary alicyclic amines) is 1. The van der Waals surface area contributed by atoms with Crippen LogP contribution < -0.4 is 10.0 Å². The van der Waals surface area contributed by atoms with Crippen LogP contribution in [-0.2, 0) is 23.0 Å². The first-order valence-electron chi connectivity index (χ1n) is 10.7. The first kappa shape index (κ1) is 24.2. The molecule has 2 N–H and O–H groups in total. The molecule has 0 unspecified atom stereocenters. The molecule has 0 amide bonds. The van der Waals surface area contributed by atoms with Gasteiger partial charge in [-0.2, -0.15) is 0 Å².